The van der Waals surface area contributed by atoms with E-state index in [1.165, 1.54) is 16.4 Å². The molecule has 0 atom stereocenters. The summed E-state index contributed by atoms with van der Waals surface area (Å²) < 4.78 is 26.2. The number of nitrogens with zero attached hydrogens (tertiary/aromatic N) is 1. The number of aliphatic hydroxyl groups is 1. The zero-order valence-electron chi connectivity index (χ0n) is 11.7. The minimum absolute atomic E-state index is 0.00641. The third-order valence-corrected chi connectivity index (χ3v) is 6.17. The summed E-state index contributed by atoms with van der Waals surface area (Å²) in [4.78, 5) is -0.00641. The van der Waals surface area contributed by atoms with Crippen molar-refractivity contribution in [2.75, 3.05) is 18.8 Å². The minimum Gasteiger partial charge on any atom is -0.398 e. The highest BCUT2D eigenvalue weighted by Gasteiger charge is 2.49. The van der Waals surface area contributed by atoms with Gasteiger partial charge in [-0.2, -0.15) is 4.31 Å². The number of hydrogen-bond acceptors (Lipinski definition) is 4. The standard InChI is InChI=1S/C13H19ClN2O3S/c1-8(2)13(17)6-16(7-13)20(18,19)12-5-11(15)9(3)4-10(12)14/h4-5,8,17H,6-7,15H2,1-3H3. The van der Waals surface area contributed by atoms with E-state index in [4.69, 9.17) is 17.3 Å². The molecule has 1 saturated heterocycles. The Balaban J connectivity index is 2.32. The van der Waals surface area contributed by atoms with Crippen LogP contribution in [-0.4, -0.2) is 36.5 Å². The van der Waals surface area contributed by atoms with Crippen molar-refractivity contribution < 1.29 is 13.5 Å². The zero-order chi connectivity index (χ0) is 15.3. The molecule has 1 aliphatic rings. The lowest BCUT2D eigenvalue weighted by Gasteiger charge is -2.47. The van der Waals surface area contributed by atoms with Gasteiger partial charge in [0.25, 0.3) is 0 Å². The highest BCUT2D eigenvalue weighted by molar-refractivity contribution is 7.89. The van der Waals surface area contributed by atoms with Crippen LogP contribution in [0.4, 0.5) is 5.69 Å². The van der Waals surface area contributed by atoms with E-state index < -0.39 is 15.6 Å². The number of sulfonamides is 1. The molecule has 0 radical (unpaired) electrons. The Morgan fingerprint density at radius 3 is 2.45 bits per heavy atom. The van der Waals surface area contributed by atoms with Gasteiger partial charge in [-0.05, 0) is 30.5 Å². The smallest absolute Gasteiger partial charge is 0.244 e. The predicted molar refractivity (Wildman–Crippen MR) is 79.1 cm³/mol. The molecule has 3 N–H and O–H groups in total. The van der Waals surface area contributed by atoms with E-state index in [1.54, 1.807) is 6.92 Å². The first-order valence-corrected chi connectivity index (χ1v) is 8.18. The molecule has 1 aromatic rings. The maximum absolute atomic E-state index is 12.5. The Hall–Kier alpha value is -0.820. The Labute approximate surface area is 124 Å². The molecular formula is C13H19ClN2O3S. The predicted octanol–water partition coefficient (Wildman–Crippen LogP) is 1.62. The van der Waals surface area contributed by atoms with Crippen molar-refractivity contribution in [3.63, 3.8) is 0 Å². The normalized spacial score (nSPS) is 19.1. The molecule has 0 saturated carbocycles. The van der Waals surface area contributed by atoms with Gasteiger partial charge in [0.05, 0.1) is 10.6 Å². The molecule has 0 amide bonds. The highest BCUT2D eigenvalue weighted by Crippen LogP contribution is 2.36. The summed E-state index contributed by atoms with van der Waals surface area (Å²) in [7, 11) is -3.72. The van der Waals surface area contributed by atoms with Crippen LogP contribution in [0.5, 0.6) is 0 Å². The first-order valence-electron chi connectivity index (χ1n) is 6.36. The topological polar surface area (TPSA) is 83.6 Å². The summed E-state index contributed by atoms with van der Waals surface area (Å²) in [5.74, 6) is -0.00694. The van der Waals surface area contributed by atoms with Crippen LogP contribution >= 0.6 is 11.6 Å². The molecule has 5 nitrogen and oxygen atoms in total. The third kappa shape index (κ3) is 2.41. The molecule has 0 aliphatic carbocycles. The summed E-state index contributed by atoms with van der Waals surface area (Å²) in [6.45, 7) is 5.65. The molecule has 0 spiro atoms. The molecule has 0 aromatic heterocycles. The second-order valence-corrected chi connectivity index (χ2v) is 7.98. The molecule has 7 heteroatoms. The van der Waals surface area contributed by atoms with Gasteiger partial charge in [-0.25, -0.2) is 8.42 Å². The summed E-state index contributed by atoms with van der Waals surface area (Å²) in [5, 5.41) is 10.3. The van der Waals surface area contributed by atoms with Gasteiger partial charge in [0.1, 0.15) is 4.90 Å². The van der Waals surface area contributed by atoms with Crippen molar-refractivity contribution in [2.24, 2.45) is 5.92 Å². The lowest BCUT2D eigenvalue weighted by Crippen LogP contribution is -2.65. The van der Waals surface area contributed by atoms with Crippen LogP contribution in [0.2, 0.25) is 5.02 Å². The van der Waals surface area contributed by atoms with Crippen molar-refractivity contribution in [3.8, 4) is 0 Å². The summed E-state index contributed by atoms with van der Waals surface area (Å²) in [6, 6.07) is 2.91. The van der Waals surface area contributed by atoms with Crippen LogP contribution < -0.4 is 5.73 Å². The number of nitrogen functional groups attached to an aromatic ring is 1. The quantitative estimate of drug-likeness (QED) is 0.830. The van der Waals surface area contributed by atoms with Crippen LogP contribution in [0.3, 0.4) is 0 Å². The largest absolute Gasteiger partial charge is 0.398 e. The van der Waals surface area contributed by atoms with Gasteiger partial charge in [0.15, 0.2) is 0 Å². The third-order valence-electron chi connectivity index (χ3n) is 3.91. The summed E-state index contributed by atoms with van der Waals surface area (Å²) in [6.07, 6.45) is 0. The second-order valence-electron chi connectivity index (χ2n) is 5.67. The number of anilines is 1. The molecule has 1 aromatic carbocycles. The van der Waals surface area contributed by atoms with Crippen molar-refractivity contribution >= 4 is 27.3 Å². The average Bonchev–Trinajstić information content (AvgIpc) is 2.29. The van der Waals surface area contributed by atoms with Gasteiger partial charge in [-0.3, -0.25) is 0 Å². The first-order chi connectivity index (χ1) is 9.08. The Bertz CT molecular complexity index is 637. The Morgan fingerprint density at radius 2 is 1.95 bits per heavy atom. The molecule has 20 heavy (non-hydrogen) atoms. The average molecular weight is 319 g/mol. The maximum atomic E-state index is 12.5. The number of benzene rings is 1. The van der Waals surface area contributed by atoms with E-state index in [0.29, 0.717) is 5.69 Å². The first kappa shape index (κ1) is 15.6. The molecule has 1 heterocycles. The van der Waals surface area contributed by atoms with E-state index in [2.05, 4.69) is 0 Å². The van der Waals surface area contributed by atoms with Crippen molar-refractivity contribution in [3.05, 3.63) is 22.7 Å². The monoisotopic (exact) mass is 318 g/mol. The van der Waals surface area contributed by atoms with E-state index in [1.807, 2.05) is 13.8 Å². The van der Waals surface area contributed by atoms with Gasteiger partial charge in [-0.1, -0.05) is 25.4 Å². The van der Waals surface area contributed by atoms with Crippen LogP contribution in [-0.2, 0) is 10.0 Å². The molecule has 2 rings (SSSR count). The molecule has 0 bridgehead atoms. The highest BCUT2D eigenvalue weighted by atomic mass is 35.5. The van der Waals surface area contributed by atoms with Crippen LogP contribution in [0, 0.1) is 12.8 Å². The van der Waals surface area contributed by atoms with Crippen LogP contribution in [0.25, 0.3) is 0 Å². The van der Waals surface area contributed by atoms with Gasteiger partial charge < -0.3 is 10.8 Å². The van der Waals surface area contributed by atoms with Crippen molar-refractivity contribution in [1.29, 1.82) is 0 Å². The lowest BCUT2D eigenvalue weighted by molar-refractivity contribution is -0.0932. The molecule has 1 aliphatic heterocycles. The number of hydrogen-bond donors (Lipinski definition) is 2. The second kappa shape index (κ2) is 4.87. The number of aryl methyl sites for hydroxylation is 1. The maximum Gasteiger partial charge on any atom is 0.244 e. The van der Waals surface area contributed by atoms with E-state index in [-0.39, 0.29) is 28.9 Å². The van der Waals surface area contributed by atoms with Crippen LogP contribution in [0.15, 0.2) is 17.0 Å². The summed E-state index contributed by atoms with van der Waals surface area (Å²) >= 11 is 6.02. The number of nitrogens with two attached hydrogens (primary N) is 1. The van der Waals surface area contributed by atoms with E-state index >= 15 is 0 Å². The van der Waals surface area contributed by atoms with Crippen molar-refractivity contribution in [2.45, 2.75) is 31.3 Å². The Morgan fingerprint density at radius 1 is 1.40 bits per heavy atom. The van der Waals surface area contributed by atoms with E-state index in [9.17, 15) is 13.5 Å². The van der Waals surface area contributed by atoms with Gasteiger partial charge in [0, 0.05) is 18.8 Å². The minimum atomic E-state index is -3.72. The van der Waals surface area contributed by atoms with Crippen molar-refractivity contribution in [1.82, 2.24) is 4.31 Å². The molecule has 0 unspecified atom stereocenters. The fourth-order valence-corrected chi connectivity index (χ4v) is 4.26. The number of β-amino-alcohol motifs (C(OH)–C–C–N with tert-alkyl or cyclic N) is 1. The lowest BCUT2D eigenvalue weighted by atomic mass is 9.85. The van der Waals surface area contributed by atoms with E-state index in [0.717, 1.165) is 5.56 Å². The fraction of sp³-hybridized carbons (Fsp3) is 0.538. The zero-order valence-corrected chi connectivity index (χ0v) is 13.3. The molecule has 112 valence electrons. The van der Waals surface area contributed by atoms with Gasteiger partial charge in [0.2, 0.25) is 10.0 Å². The fourth-order valence-electron chi connectivity index (χ4n) is 2.10. The Kier molecular flexibility index (Phi) is 3.79. The number of halogens is 1. The van der Waals surface area contributed by atoms with Gasteiger partial charge >= 0.3 is 0 Å². The SMILES string of the molecule is Cc1cc(Cl)c(S(=O)(=O)N2CC(O)(C(C)C)C2)cc1N. The van der Waals surface area contributed by atoms with Gasteiger partial charge in [-0.15, -0.1) is 0 Å². The summed E-state index contributed by atoms with van der Waals surface area (Å²) in [5.41, 5.74) is 5.91. The number of rotatable bonds is 3. The molecular weight excluding hydrogens is 300 g/mol. The molecule has 1 fully saturated rings. The van der Waals surface area contributed by atoms with Crippen LogP contribution in [0.1, 0.15) is 19.4 Å².